The first-order valence-corrected chi connectivity index (χ1v) is 10.1. The number of amides is 2. The summed E-state index contributed by atoms with van der Waals surface area (Å²) in [6, 6.07) is 6.04. The Hall–Kier alpha value is -2.46. The average molecular weight is 424 g/mol. The van der Waals surface area contributed by atoms with Crippen molar-refractivity contribution in [3.8, 4) is 10.4 Å². The molecule has 2 N–H and O–H groups in total. The molecule has 3 heterocycles. The summed E-state index contributed by atoms with van der Waals surface area (Å²) in [5.74, 6) is -1.57. The van der Waals surface area contributed by atoms with Gasteiger partial charge in [-0.2, -0.15) is 13.2 Å². The van der Waals surface area contributed by atoms with Crippen LogP contribution in [0.5, 0.6) is 0 Å². The lowest BCUT2D eigenvalue weighted by Crippen LogP contribution is -2.46. The molecule has 6 nitrogen and oxygen atoms in total. The molecule has 2 fully saturated rings. The van der Waals surface area contributed by atoms with E-state index in [1.165, 1.54) is 29.9 Å². The van der Waals surface area contributed by atoms with Gasteiger partial charge in [0.2, 0.25) is 0 Å². The lowest BCUT2D eigenvalue weighted by atomic mass is 9.97. The maximum atomic E-state index is 12.5. The summed E-state index contributed by atoms with van der Waals surface area (Å²) in [7, 11) is 0. The summed E-state index contributed by atoms with van der Waals surface area (Å²) in [5.41, 5.74) is 0.744. The Morgan fingerprint density at radius 2 is 1.93 bits per heavy atom. The molecule has 4 rings (SSSR count). The predicted molar refractivity (Wildman–Crippen MR) is 103 cm³/mol. The highest BCUT2D eigenvalue weighted by atomic mass is 32.1. The van der Waals surface area contributed by atoms with Crippen LogP contribution in [0.3, 0.4) is 0 Å². The molecule has 1 unspecified atom stereocenters. The van der Waals surface area contributed by atoms with Gasteiger partial charge in [0, 0.05) is 31.0 Å². The third-order valence-corrected chi connectivity index (χ3v) is 6.23. The minimum atomic E-state index is -4.94. The number of hydrogen-bond donors (Lipinski definition) is 2. The second kappa shape index (κ2) is 7.75. The number of nitrogens with zero attached hydrogens (tertiary/aromatic N) is 2. The number of benzene rings is 1. The van der Waals surface area contributed by atoms with Gasteiger partial charge in [-0.3, -0.25) is 9.59 Å². The number of carbonyl (C=O) groups excluding carboxylic acids is 2. The second-order valence-electron chi connectivity index (χ2n) is 7.38. The summed E-state index contributed by atoms with van der Waals surface area (Å²) in [6.07, 6.45) is -1.19. The Balaban J connectivity index is 1.38. The molecule has 3 atom stereocenters. The first kappa shape index (κ1) is 19.8. The average Bonchev–Trinajstić information content (AvgIpc) is 3.28. The molecule has 0 saturated carbocycles. The predicted octanol–water partition coefficient (Wildman–Crippen LogP) is 3.13. The molecule has 2 bridgehead atoms. The molecule has 2 saturated heterocycles. The fraction of sp³-hybridized carbons (Fsp3) is 0.421. The maximum Gasteiger partial charge on any atom is 0.471 e. The summed E-state index contributed by atoms with van der Waals surface area (Å²) in [5, 5.41) is 5.21. The van der Waals surface area contributed by atoms with Crippen molar-refractivity contribution in [3.63, 3.8) is 0 Å². The molecule has 29 heavy (non-hydrogen) atoms. The van der Waals surface area contributed by atoms with Crippen molar-refractivity contribution in [2.24, 2.45) is 5.92 Å². The van der Waals surface area contributed by atoms with Gasteiger partial charge >= 0.3 is 12.1 Å². The van der Waals surface area contributed by atoms with Crippen LogP contribution in [0.1, 0.15) is 22.6 Å². The molecule has 0 spiro atoms. The van der Waals surface area contributed by atoms with Gasteiger partial charge in [0.15, 0.2) is 5.01 Å². The van der Waals surface area contributed by atoms with E-state index in [1.54, 1.807) is 23.6 Å². The van der Waals surface area contributed by atoms with Crippen LogP contribution in [0.15, 0.2) is 30.5 Å². The molecular formula is C19H19F3N4O2S. The monoisotopic (exact) mass is 424 g/mol. The van der Waals surface area contributed by atoms with Crippen LogP contribution in [0.2, 0.25) is 0 Å². The Bertz CT molecular complexity index is 901. The van der Waals surface area contributed by atoms with Gasteiger partial charge in [-0.25, -0.2) is 4.98 Å². The number of rotatable bonds is 4. The molecule has 0 radical (unpaired) electrons. The summed E-state index contributed by atoms with van der Waals surface area (Å²) >= 11 is 1.22. The van der Waals surface area contributed by atoms with Crippen molar-refractivity contribution < 1.29 is 22.8 Å². The van der Waals surface area contributed by atoms with Crippen LogP contribution in [0.25, 0.3) is 10.4 Å². The number of aromatic nitrogens is 1. The van der Waals surface area contributed by atoms with Crippen molar-refractivity contribution in [2.75, 3.05) is 25.0 Å². The normalized spacial score (nSPS) is 23.6. The van der Waals surface area contributed by atoms with E-state index < -0.39 is 12.1 Å². The van der Waals surface area contributed by atoms with Gasteiger partial charge in [0.1, 0.15) is 0 Å². The highest BCUT2D eigenvalue weighted by Crippen LogP contribution is 2.29. The number of hydrogen-bond acceptors (Lipinski definition) is 5. The zero-order chi connectivity index (χ0) is 20.6. The van der Waals surface area contributed by atoms with Crippen molar-refractivity contribution in [2.45, 2.75) is 25.1 Å². The van der Waals surface area contributed by atoms with Gasteiger partial charge in [0.05, 0.1) is 4.88 Å². The van der Waals surface area contributed by atoms with Crippen LogP contribution in [-0.2, 0) is 4.79 Å². The van der Waals surface area contributed by atoms with Crippen LogP contribution in [0, 0.1) is 5.92 Å². The van der Waals surface area contributed by atoms with E-state index in [1.807, 2.05) is 0 Å². The number of piperidine rings is 1. The number of fused-ring (bicyclic) bond motifs is 2. The van der Waals surface area contributed by atoms with Gasteiger partial charge in [-0.05, 0) is 43.0 Å². The van der Waals surface area contributed by atoms with E-state index in [2.05, 4.69) is 15.2 Å². The molecule has 10 heteroatoms. The zero-order valence-corrected chi connectivity index (χ0v) is 16.1. The number of nitrogens with one attached hydrogen (secondary N) is 2. The Kier molecular flexibility index (Phi) is 5.30. The van der Waals surface area contributed by atoms with Gasteiger partial charge < -0.3 is 15.5 Å². The number of alkyl halides is 3. The molecule has 2 aromatic rings. The minimum Gasteiger partial charge on any atom is -0.346 e. The standard InChI is InChI=1S/C19H19F3N4O2S/c20-19(21,22)18(28)25-13-3-1-12(2-4-13)15-8-23-17(29-15)16(27)24-14-7-11-5-6-26(9-11)10-14/h1-4,8,11,14H,5-7,9-10H2,(H,24,27)(H,25,28)/t11-,14-/m1/s1. The summed E-state index contributed by atoms with van der Waals surface area (Å²) < 4.78 is 36.9. The first-order valence-electron chi connectivity index (χ1n) is 9.25. The number of carbonyl (C=O) groups is 2. The van der Waals surface area contributed by atoms with E-state index in [-0.39, 0.29) is 17.6 Å². The smallest absolute Gasteiger partial charge is 0.346 e. The zero-order valence-electron chi connectivity index (χ0n) is 15.3. The van der Waals surface area contributed by atoms with E-state index in [0.29, 0.717) is 16.5 Å². The first-order chi connectivity index (χ1) is 13.8. The number of thiazole rings is 1. The van der Waals surface area contributed by atoms with Crippen LogP contribution >= 0.6 is 11.3 Å². The lowest BCUT2D eigenvalue weighted by Gasteiger charge is -2.30. The molecular weight excluding hydrogens is 405 g/mol. The summed E-state index contributed by atoms with van der Waals surface area (Å²) in [6.45, 7) is 3.08. The molecule has 1 aromatic carbocycles. The number of halogens is 3. The molecule has 1 aromatic heterocycles. The highest BCUT2D eigenvalue weighted by Gasteiger charge is 2.38. The van der Waals surface area contributed by atoms with Gasteiger partial charge in [-0.1, -0.05) is 12.1 Å². The fourth-order valence-electron chi connectivity index (χ4n) is 3.84. The van der Waals surface area contributed by atoms with Gasteiger partial charge in [0.25, 0.3) is 5.91 Å². The highest BCUT2D eigenvalue weighted by molar-refractivity contribution is 7.16. The Labute approximate surface area is 169 Å². The quantitative estimate of drug-likeness (QED) is 0.791. The van der Waals surface area contributed by atoms with E-state index in [9.17, 15) is 22.8 Å². The fourth-order valence-corrected chi connectivity index (χ4v) is 4.67. The molecule has 2 amide bonds. The molecule has 2 aliphatic rings. The Morgan fingerprint density at radius 3 is 2.62 bits per heavy atom. The van der Waals surface area contributed by atoms with E-state index in [4.69, 9.17) is 0 Å². The van der Waals surface area contributed by atoms with Crippen molar-refractivity contribution in [1.82, 2.24) is 15.2 Å². The van der Waals surface area contributed by atoms with E-state index in [0.717, 1.165) is 30.9 Å². The van der Waals surface area contributed by atoms with Crippen LogP contribution < -0.4 is 10.6 Å². The van der Waals surface area contributed by atoms with Crippen LogP contribution in [0.4, 0.5) is 18.9 Å². The third-order valence-electron chi connectivity index (χ3n) is 5.19. The SMILES string of the molecule is O=C(N[C@@H]1C[C@H]2CCN(C2)C1)c1ncc(-c2ccc(NC(=O)C(F)(F)F)cc2)s1. The minimum absolute atomic E-state index is 0.0421. The van der Waals surface area contributed by atoms with Crippen LogP contribution in [-0.4, -0.2) is 53.6 Å². The molecule has 0 aliphatic carbocycles. The Morgan fingerprint density at radius 1 is 1.17 bits per heavy atom. The van der Waals surface area contributed by atoms with Crippen molar-refractivity contribution in [1.29, 1.82) is 0 Å². The van der Waals surface area contributed by atoms with Gasteiger partial charge in [-0.15, -0.1) is 11.3 Å². The third kappa shape index (κ3) is 4.59. The lowest BCUT2D eigenvalue weighted by molar-refractivity contribution is -0.167. The number of anilines is 1. The molecule has 154 valence electrons. The van der Waals surface area contributed by atoms with Crippen molar-refractivity contribution in [3.05, 3.63) is 35.5 Å². The maximum absolute atomic E-state index is 12.5. The largest absolute Gasteiger partial charge is 0.471 e. The summed E-state index contributed by atoms with van der Waals surface area (Å²) in [4.78, 5) is 30.8. The molecule has 2 aliphatic heterocycles. The van der Waals surface area contributed by atoms with Crippen molar-refractivity contribution >= 4 is 28.8 Å². The topological polar surface area (TPSA) is 74.3 Å². The second-order valence-corrected chi connectivity index (χ2v) is 8.41. The van der Waals surface area contributed by atoms with E-state index >= 15 is 0 Å².